The number of allylic oxidation sites excluding steroid dienone is 2. The van der Waals surface area contributed by atoms with Crippen molar-refractivity contribution in [2.45, 2.75) is 26.4 Å². The van der Waals surface area contributed by atoms with Gasteiger partial charge >= 0.3 is 5.97 Å². The van der Waals surface area contributed by atoms with Crippen molar-refractivity contribution in [1.29, 1.82) is 5.26 Å². The first kappa shape index (κ1) is 19.3. The Balaban J connectivity index is 2.40. The average molecular weight is 354 g/mol. The minimum atomic E-state index is -0.629. The van der Waals surface area contributed by atoms with Gasteiger partial charge in [-0.25, -0.2) is 4.79 Å². The Morgan fingerprint density at radius 2 is 2.12 bits per heavy atom. The van der Waals surface area contributed by atoms with Crippen LogP contribution >= 0.6 is 0 Å². The molecule has 1 aliphatic rings. The van der Waals surface area contributed by atoms with Crippen molar-refractivity contribution < 1.29 is 19.0 Å². The molecule has 26 heavy (non-hydrogen) atoms. The summed E-state index contributed by atoms with van der Waals surface area (Å²) in [5.74, 6) is -0.811. The van der Waals surface area contributed by atoms with Gasteiger partial charge in [-0.15, -0.1) is 6.58 Å². The molecule has 1 aliphatic heterocycles. The summed E-state index contributed by atoms with van der Waals surface area (Å²) >= 11 is 0. The minimum Gasteiger partial charge on any atom is -0.463 e. The van der Waals surface area contributed by atoms with E-state index in [1.54, 1.807) is 19.9 Å². The van der Waals surface area contributed by atoms with Gasteiger partial charge in [-0.05, 0) is 25.0 Å². The number of nitrogens with zero attached hydrogens (tertiary/aromatic N) is 1. The number of carbonyl (C=O) groups is 1. The van der Waals surface area contributed by atoms with E-state index in [1.807, 2.05) is 24.3 Å². The molecule has 0 spiro atoms. The van der Waals surface area contributed by atoms with Gasteiger partial charge in [0.05, 0.1) is 31.3 Å². The van der Waals surface area contributed by atoms with Crippen LogP contribution in [-0.4, -0.2) is 19.2 Å². The van der Waals surface area contributed by atoms with E-state index in [0.717, 1.165) is 11.1 Å². The molecule has 0 radical (unpaired) electrons. The number of benzene rings is 1. The molecule has 0 aromatic heterocycles. The van der Waals surface area contributed by atoms with E-state index in [2.05, 4.69) is 12.6 Å². The van der Waals surface area contributed by atoms with Crippen molar-refractivity contribution in [2.75, 3.05) is 13.2 Å². The van der Waals surface area contributed by atoms with Crippen LogP contribution in [0.15, 0.2) is 59.7 Å². The maximum absolute atomic E-state index is 12.4. The summed E-state index contributed by atoms with van der Waals surface area (Å²) in [4.78, 5) is 12.4. The fourth-order valence-electron chi connectivity index (χ4n) is 2.75. The first-order chi connectivity index (χ1) is 12.5. The lowest BCUT2D eigenvalue weighted by Crippen LogP contribution is -2.25. The molecule has 0 bridgehead atoms. The number of ether oxygens (including phenoxy) is 3. The SMILES string of the molecule is C=CCOCc1ccc(C2C(C#N)=C(N)OC(C)=C2C(=O)OCC)cc1. The largest absolute Gasteiger partial charge is 0.463 e. The summed E-state index contributed by atoms with van der Waals surface area (Å²) in [7, 11) is 0. The normalized spacial score (nSPS) is 16.7. The molecule has 0 amide bonds. The van der Waals surface area contributed by atoms with Gasteiger partial charge in [0.15, 0.2) is 0 Å². The molecular weight excluding hydrogens is 332 g/mol. The molecule has 1 aromatic carbocycles. The number of nitrogens with two attached hydrogens (primary N) is 1. The number of carbonyl (C=O) groups excluding carboxylic acids is 1. The molecule has 0 saturated heterocycles. The van der Waals surface area contributed by atoms with Crippen LogP contribution in [0.1, 0.15) is 30.9 Å². The molecule has 2 rings (SSSR count). The average Bonchev–Trinajstić information content (AvgIpc) is 2.62. The quantitative estimate of drug-likeness (QED) is 0.459. The van der Waals surface area contributed by atoms with Gasteiger partial charge < -0.3 is 19.9 Å². The monoisotopic (exact) mass is 354 g/mol. The van der Waals surface area contributed by atoms with Crippen molar-refractivity contribution in [1.82, 2.24) is 0 Å². The van der Waals surface area contributed by atoms with E-state index in [-0.39, 0.29) is 23.6 Å². The summed E-state index contributed by atoms with van der Waals surface area (Å²) in [6.45, 7) is 8.10. The zero-order chi connectivity index (χ0) is 19.1. The van der Waals surface area contributed by atoms with Gasteiger partial charge in [0.25, 0.3) is 0 Å². The van der Waals surface area contributed by atoms with Crippen molar-refractivity contribution in [3.63, 3.8) is 0 Å². The van der Waals surface area contributed by atoms with Gasteiger partial charge in [0.2, 0.25) is 5.88 Å². The lowest BCUT2D eigenvalue weighted by molar-refractivity contribution is -0.139. The number of nitriles is 1. The Hall–Kier alpha value is -3.04. The molecule has 2 N–H and O–H groups in total. The highest BCUT2D eigenvalue weighted by Crippen LogP contribution is 2.39. The summed E-state index contributed by atoms with van der Waals surface area (Å²) in [5, 5.41) is 9.53. The Morgan fingerprint density at radius 3 is 2.69 bits per heavy atom. The van der Waals surface area contributed by atoms with Crippen molar-refractivity contribution in [3.05, 3.63) is 70.8 Å². The summed E-state index contributed by atoms with van der Waals surface area (Å²) in [6.07, 6.45) is 1.68. The van der Waals surface area contributed by atoms with Gasteiger partial charge in [-0.2, -0.15) is 5.26 Å². The topological polar surface area (TPSA) is 94.6 Å². The highest BCUT2D eigenvalue weighted by atomic mass is 16.5. The predicted molar refractivity (Wildman–Crippen MR) is 96.3 cm³/mol. The zero-order valence-electron chi connectivity index (χ0n) is 15.0. The van der Waals surface area contributed by atoms with E-state index >= 15 is 0 Å². The summed E-state index contributed by atoms with van der Waals surface area (Å²) in [5.41, 5.74) is 8.07. The van der Waals surface area contributed by atoms with E-state index in [9.17, 15) is 10.1 Å². The lowest BCUT2D eigenvalue weighted by atomic mass is 9.83. The number of rotatable bonds is 7. The molecule has 0 aliphatic carbocycles. The third kappa shape index (κ3) is 4.13. The van der Waals surface area contributed by atoms with Crippen molar-refractivity contribution in [3.8, 4) is 6.07 Å². The molecule has 6 heteroatoms. The van der Waals surface area contributed by atoms with Gasteiger partial charge in [0.1, 0.15) is 17.4 Å². The van der Waals surface area contributed by atoms with Gasteiger partial charge in [-0.1, -0.05) is 30.3 Å². The summed E-state index contributed by atoms with van der Waals surface area (Å²) < 4.78 is 16.0. The van der Waals surface area contributed by atoms with Crippen LogP contribution in [-0.2, 0) is 25.6 Å². The maximum Gasteiger partial charge on any atom is 0.338 e. The van der Waals surface area contributed by atoms with Crippen LogP contribution < -0.4 is 5.73 Å². The van der Waals surface area contributed by atoms with Crippen molar-refractivity contribution >= 4 is 5.97 Å². The van der Waals surface area contributed by atoms with E-state index < -0.39 is 11.9 Å². The highest BCUT2D eigenvalue weighted by Gasteiger charge is 2.36. The minimum absolute atomic E-state index is 0.00133. The number of esters is 1. The van der Waals surface area contributed by atoms with Crippen LogP contribution in [0, 0.1) is 11.3 Å². The fourth-order valence-corrected chi connectivity index (χ4v) is 2.75. The smallest absolute Gasteiger partial charge is 0.338 e. The fraction of sp³-hybridized carbons (Fsp3) is 0.300. The van der Waals surface area contributed by atoms with Gasteiger partial charge in [0, 0.05) is 0 Å². The van der Waals surface area contributed by atoms with Crippen LogP contribution in [0.5, 0.6) is 0 Å². The maximum atomic E-state index is 12.4. The molecule has 0 saturated carbocycles. The lowest BCUT2D eigenvalue weighted by Gasteiger charge is -2.26. The third-order valence-corrected chi connectivity index (χ3v) is 3.92. The summed E-state index contributed by atoms with van der Waals surface area (Å²) in [6, 6.07) is 9.52. The molecule has 136 valence electrons. The number of hydrogen-bond acceptors (Lipinski definition) is 6. The zero-order valence-corrected chi connectivity index (χ0v) is 15.0. The Labute approximate surface area is 153 Å². The predicted octanol–water partition coefficient (Wildman–Crippen LogP) is 3.03. The van der Waals surface area contributed by atoms with Crippen molar-refractivity contribution in [2.24, 2.45) is 5.73 Å². The van der Waals surface area contributed by atoms with Crippen LogP contribution in [0.3, 0.4) is 0 Å². The molecular formula is C20H22N2O4. The van der Waals surface area contributed by atoms with E-state index in [1.165, 1.54) is 0 Å². The molecule has 1 heterocycles. The number of hydrogen-bond donors (Lipinski definition) is 1. The molecule has 6 nitrogen and oxygen atoms in total. The molecule has 1 aromatic rings. The van der Waals surface area contributed by atoms with Gasteiger partial charge in [-0.3, -0.25) is 0 Å². The second-order valence-electron chi connectivity index (χ2n) is 5.66. The van der Waals surface area contributed by atoms with E-state index in [4.69, 9.17) is 19.9 Å². The first-order valence-corrected chi connectivity index (χ1v) is 8.26. The van der Waals surface area contributed by atoms with Crippen LogP contribution in [0.2, 0.25) is 0 Å². The molecule has 1 unspecified atom stereocenters. The third-order valence-electron chi connectivity index (χ3n) is 3.92. The Morgan fingerprint density at radius 1 is 1.42 bits per heavy atom. The van der Waals surface area contributed by atoms with Crippen LogP contribution in [0.25, 0.3) is 0 Å². The highest BCUT2D eigenvalue weighted by molar-refractivity contribution is 5.92. The Kier molecular flexibility index (Phi) is 6.59. The second kappa shape index (κ2) is 8.88. The molecule has 0 fully saturated rings. The first-order valence-electron chi connectivity index (χ1n) is 8.26. The van der Waals surface area contributed by atoms with Crippen LogP contribution in [0.4, 0.5) is 0 Å². The standard InChI is InChI=1S/C20H22N2O4/c1-4-10-24-12-14-6-8-15(9-7-14)18-16(11-21)19(22)26-13(3)17(18)20(23)25-5-2/h4,6-9,18H,1,5,10,12,22H2,2-3H3. The Bertz CT molecular complexity index is 785. The molecule has 1 atom stereocenters. The second-order valence-corrected chi connectivity index (χ2v) is 5.66. The van der Waals surface area contributed by atoms with E-state index in [0.29, 0.717) is 19.0 Å².